The minimum absolute atomic E-state index is 0. The Morgan fingerprint density at radius 3 is 2.79 bits per heavy atom. The van der Waals surface area contributed by atoms with Crippen LogP contribution in [0.5, 0.6) is 0 Å². The number of aliphatic imine (C=N–C) groups is 1. The minimum atomic E-state index is 0. The Morgan fingerprint density at radius 1 is 1.29 bits per heavy atom. The summed E-state index contributed by atoms with van der Waals surface area (Å²) in [6.45, 7) is 10.7. The van der Waals surface area contributed by atoms with Gasteiger partial charge in [-0.05, 0) is 25.4 Å². The second kappa shape index (κ2) is 13.0. The fourth-order valence-corrected chi connectivity index (χ4v) is 4.33. The van der Waals surface area contributed by atoms with Crippen LogP contribution >= 0.6 is 35.3 Å². The van der Waals surface area contributed by atoms with Crippen molar-refractivity contribution in [1.29, 1.82) is 0 Å². The van der Waals surface area contributed by atoms with Crippen LogP contribution in [-0.2, 0) is 9.47 Å². The molecule has 0 aromatic carbocycles. The lowest BCUT2D eigenvalue weighted by Crippen LogP contribution is -2.48. The lowest BCUT2D eigenvalue weighted by molar-refractivity contribution is -0.0161. The highest BCUT2D eigenvalue weighted by Crippen LogP contribution is 2.26. The molecule has 28 heavy (non-hydrogen) atoms. The van der Waals surface area contributed by atoms with E-state index >= 15 is 0 Å². The van der Waals surface area contributed by atoms with E-state index in [2.05, 4.69) is 51.9 Å². The van der Waals surface area contributed by atoms with Crippen LogP contribution < -0.4 is 10.6 Å². The predicted molar refractivity (Wildman–Crippen MR) is 126 cm³/mol. The predicted octanol–water partition coefficient (Wildman–Crippen LogP) is 1.63. The molecule has 0 radical (unpaired) electrons. The largest absolute Gasteiger partial charge is 0.379 e. The van der Waals surface area contributed by atoms with E-state index in [1.807, 2.05) is 11.3 Å². The summed E-state index contributed by atoms with van der Waals surface area (Å²) < 4.78 is 11.4. The summed E-state index contributed by atoms with van der Waals surface area (Å²) in [6.07, 6.45) is 0.208. The van der Waals surface area contributed by atoms with Crippen molar-refractivity contribution in [3.8, 4) is 0 Å². The quantitative estimate of drug-likeness (QED) is 0.322. The van der Waals surface area contributed by atoms with Gasteiger partial charge in [-0.25, -0.2) is 0 Å². The fourth-order valence-electron chi connectivity index (χ4n) is 3.48. The average Bonchev–Trinajstić information content (AvgIpc) is 3.21. The number of likely N-dealkylation sites (N-methyl/N-ethyl adjacent to an activating group) is 1. The maximum atomic E-state index is 5.85. The zero-order chi connectivity index (χ0) is 18.9. The van der Waals surface area contributed by atoms with E-state index in [4.69, 9.17) is 14.5 Å². The number of hydrogen-bond donors (Lipinski definition) is 2. The summed E-state index contributed by atoms with van der Waals surface area (Å²) in [5, 5.41) is 8.97. The number of halogens is 1. The molecule has 2 aliphatic heterocycles. The van der Waals surface area contributed by atoms with Crippen LogP contribution in [0.4, 0.5) is 0 Å². The van der Waals surface area contributed by atoms with Crippen molar-refractivity contribution in [3.63, 3.8) is 0 Å². The lowest BCUT2D eigenvalue weighted by atomic mass is 10.2. The maximum Gasteiger partial charge on any atom is 0.191 e. The van der Waals surface area contributed by atoms with Gasteiger partial charge in [0.2, 0.25) is 0 Å². The van der Waals surface area contributed by atoms with Crippen molar-refractivity contribution in [2.45, 2.75) is 19.1 Å². The number of nitrogens with one attached hydrogen (secondary N) is 2. The first-order valence-electron chi connectivity index (χ1n) is 9.93. The summed E-state index contributed by atoms with van der Waals surface area (Å²) in [4.78, 5) is 11.1. The molecule has 2 N–H and O–H groups in total. The van der Waals surface area contributed by atoms with Gasteiger partial charge in [0.1, 0.15) is 0 Å². The second-order valence-corrected chi connectivity index (χ2v) is 8.01. The van der Waals surface area contributed by atoms with Gasteiger partial charge in [0, 0.05) is 44.1 Å². The van der Waals surface area contributed by atoms with Gasteiger partial charge < -0.3 is 25.0 Å². The molecule has 3 heterocycles. The molecule has 7 nitrogen and oxygen atoms in total. The fraction of sp³-hybridized carbons (Fsp3) is 0.737. The van der Waals surface area contributed by atoms with Gasteiger partial charge in [-0.15, -0.1) is 35.3 Å². The lowest BCUT2D eigenvalue weighted by Gasteiger charge is -2.33. The molecule has 1 aromatic rings. The van der Waals surface area contributed by atoms with E-state index in [0.717, 1.165) is 71.6 Å². The average molecular weight is 523 g/mol. The third kappa shape index (κ3) is 7.42. The van der Waals surface area contributed by atoms with E-state index < -0.39 is 0 Å². The molecule has 0 amide bonds. The van der Waals surface area contributed by atoms with Crippen LogP contribution in [0.1, 0.15) is 17.8 Å². The first kappa shape index (κ1) is 23.8. The molecule has 0 bridgehead atoms. The molecule has 2 aliphatic rings. The Hall–Kier alpha value is -0.460. The molecular weight excluding hydrogens is 489 g/mol. The summed E-state index contributed by atoms with van der Waals surface area (Å²) >= 11 is 1.81. The van der Waals surface area contributed by atoms with Crippen molar-refractivity contribution >= 4 is 41.3 Å². The summed E-state index contributed by atoms with van der Waals surface area (Å²) in [5.41, 5.74) is 0. The molecule has 2 atom stereocenters. The molecule has 0 saturated carbocycles. The number of morpholine rings is 2. The van der Waals surface area contributed by atoms with E-state index in [9.17, 15) is 0 Å². The summed E-state index contributed by atoms with van der Waals surface area (Å²) in [6, 6.07) is 4.64. The SMILES string of the molecule is CCNC(=NCC(c1cccs1)N1CCOCC1)NCC1CN(C)CCO1.I. The van der Waals surface area contributed by atoms with E-state index in [1.165, 1.54) is 4.88 Å². The Bertz CT molecular complexity index is 569. The highest BCUT2D eigenvalue weighted by atomic mass is 127. The number of hydrogen-bond acceptors (Lipinski definition) is 6. The normalized spacial score (nSPS) is 23.1. The molecule has 3 rings (SSSR count). The molecule has 160 valence electrons. The Balaban J connectivity index is 0.00000280. The van der Waals surface area contributed by atoms with E-state index in [1.54, 1.807) is 0 Å². The van der Waals surface area contributed by atoms with Gasteiger partial charge in [-0.3, -0.25) is 9.89 Å². The summed E-state index contributed by atoms with van der Waals surface area (Å²) in [7, 11) is 2.14. The standard InChI is InChI=1S/C19H33N5O2S.HI/c1-3-20-19(21-13-16-15-23(2)6-11-26-16)22-14-17(18-5-4-12-27-18)24-7-9-25-10-8-24;/h4-5,12,16-17H,3,6-11,13-15H2,1-2H3,(H2,20,21,22);1H. The van der Waals surface area contributed by atoms with Crippen LogP contribution in [0.15, 0.2) is 22.5 Å². The molecule has 2 unspecified atom stereocenters. The van der Waals surface area contributed by atoms with Gasteiger partial charge in [0.15, 0.2) is 5.96 Å². The maximum absolute atomic E-state index is 5.85. The topological polar surface area (TPSA) is 61.4 Å². The van der Waals surface area contributed by atoms with E-state index in [0.29, 0.717) is 6.04 Å². The summed E-state index contributed by atoms with van der Waals surface area (Å²) in [5.74, 6) is 0.865. The van der Waals surface area contributed by atoms with Crippen molar-refractivity contribution in [2.24, 2.45) is 4.99 Å². The van der Waals surface area contributed by atoms with Crippen molar-refractivity contribution in [1.82, 2.24) is 20.4 Å². The van der Waals surface area contributed by atoms with Crippen LogP contribution in [0.25, 0.3) is 0 Å². The zero-order valence-electron chi connectivity index (χ0n) is 16.9. The molecule has 2 fully saturated rings. The number of rotatable bonds is 7. The third-order valence-electron chi connectivity index (χ3n) is 4.96. The van der Waals surface area contributed by atoms with Gasteiger partial charge in [0.25, 0.3) is 0 Å². The Morgan fingerprint density at radius 2 is 2.11 bits per heavy atom. The first-order chi connectivity index (χ1) is 13.3. The number of guanidine groups is 1. The van der Waals surface area contributed by atoms with Crippen molar-refractivity contribution in [2.75, 3.05) is 72.7 Å². The molecule has 0 aliphatic carbocycles. The molecular formula is C19H34IN5O2S. The number of thiophene rings is 1. The highest BCUT2D eigenvalue weighted by Gasteiger charge is 2.23. The third-order valence-corrected chi connectivity index (χ3v) is 5.94. The number of ether oxygens (including phenoxy) is 2. The van der Waals surface area contributed by atoms with Gasteiger partial charge in [0.05, 0.1) is 38.5 Å². The molecule has 9 heteroatoms. The van der Waals surface area contributed by atoms with Gasteiger partial charge in [-0.1, -0.05) is 6.07 Å². The first-order valence-corrected chi connectivity index (χ1v) is 10.8. The van der Waals surface area contributed by atoms with Crippen LogP contribution in [0, 0.1) is 0 Å². The van der Waals surface area contributed by atoms with Gasteiger partial charge >= 0.3 is 0 Å². The highest BCUT2D eigenvalue weighted by molar-refractivity contribution is 14.0. The van der Waals surface area contributed by atoms with Crippen LogP contribution in [-0.4, -0.2) is 94.5 Å². The Kier molecular flexibility index (Phi) is 11.0. The van der Waals surface area contributed by atoms with Crippen molar-refractivity contribution in [3.05, 3.63) is 22.4 Å². The van der Waals surface area contributed by atoms with Gasteiger partial charge in [-0.2, -0.15) is 0 Å². The Labute approximate surface area is 189 Å². The monoisotopic (exact) mass is 523 g/mol. The van der Waals surface area contributed by atoms with Crippen LogP contribution in [0.3, 0.4) is 0 Å². The molecule has 0 spiro atoms. The molecule has 1 aromatic heterocycles. The number of nitrogens with zero attached hydrogens (tertiary/aromatic N) is 3. The smallest absolute Gasteiger partial charge is 0.191 e. The second-order valence-electron chi connectivity index (χ2n) is 7.04. The van der Waals surface area contributed by atoms with E-state index in [-0.39, 0.29) is 30.1 Å². The van der Waals surface area contributed by atoms with Crippen LogP contribution in [0.2, 0.25) is 0 Å². The molecule has 2 saturated heterocycles. The minimum Gasteiger partial charge on any atom is -0.379 e. The zero-order valence-corrected chi connectivity index (χ0v) is 20.1. The van der Waals surface area contributed by atoms with Crippen molar-refractivity contribution < 1.29 is 9.47 Å².